The van der Waals surface area contributed by atoms with E-state index in [1.165, 1.54) is 0 Å². The lowest BCUT2D eigenvalue weighted by Gasteiger charge is -2.30. The van der Waals surface area contributed by atoms with Crippen molar-refractivity contribution in [1.29, 1.82) is 0 Å². The van der Waals surface area contributed by atoms with Crippen molar-refractivity contribution in [2.45, 2.75) is 51.9 Å². The number of ketones is 1. The number of hydrogen-bond donors (Lipinski definition) is 0. The Hall–Kier alpha value is -5.04. The molecule has 0 heterocycles. The molecule has 4 aromatic rings. The third-order valence-electron chi connectivity index (χ3n) is 7.34. The maximum atomic E-state index is 14.1. The van der Waals surface area contributed by atoms with Crippen LogP contribution in [-0.4, -0.2) is 23.7 Å². The zero-order chi connectivity index (χ0) is 31.0. The molecular weight excluding hydrogens is 556 g/mol. The van der Waals surface area contributed by atoms with Crippen molar-refractivity contribution < 1.29 is 33.4 Å². The van der Waals surface area contributed by atoms with E-state index in [9.17, 15) is 19.2 Å². The zero-order valence-corrected chi connectivity index (χ0v) is 24.6. The van der Waals surface area contributed by atoms with Gasteiger partial charge in [0.2, 0.25) is 0 Å². The molecule has 0 spiro atoms. The second kappa shape index (κ2) is 16.6. The van der Waals surface area contributed by atoms with Crippen LogP contribution in [0, 0.1) is 5.41 Å². The van der Waals surface area contributed by atoms with E-state index < -0.39 is 29.1 Å². The van der Waals surface area contributed by atoms with Gasteiger partial charge in [0.1, 0.15) is 25.2 Å². The lowest BCUT2D eigenvalue weighted by atomic mass is 9.73. The van der Waals surface area contributed by atoms with Gasteiger partial charge in [0.15, 0.2) is 5.78 Å². The summed E-state index contributed by atoms with van der Waals surface area (Å²) >= 11 is 0. The van der Waals surface area contributed by atoms with Crippen LogP contribution in [0.3, 0.4) is 0 Å². The number of carbonyl (C=O) groups excluding carboxylic acids is 4. The van der Waals surface area contributed by atoms with Gasteiger partial charge in [-0.2, -0.15) is 0 Å². The molecule has 0 saturated carbocycles. The molecule has 0 amide bonds. The minimum atomic E-state index is -1.78. The highest BCUT2D eigenvalue weighted by Gasteiger charge is 2.47. The normalized spacial score (nSPS) is 10.9. The molecular formula is C37H36O7. The number of esters is 3. The van der Waals surface area contributed by atoms with Gasteiger partial charge >= 0.3 is 17.9 Å². The van der Waals surface area contributed by atoms with E-state index in [0.717, 1.165) is 16.7 Å². The van der Waals surface area contributed by atoms with Gasteiger partial charge in [0, 0.05) is 19.3 Å². The number of Topliss-reactive ketones (excluding diaryl/α,β-unsaturated/α-hetero) is 1. The number of rotatable bonds is 16. The van der Waals surface area contributed by atoms with Crippen LogP contribution in [0.1, 0.15) is 47.9 Å². The zero-order valence-electron chi connectivity index (χ0n) is 24.6. The first-order chi connectivity index (χ1) is 21.4. The fourth-order valence-electron chi connectivity index (χ4n) is 4.78. The van der Waals surface area contributed by atoms with Crippen molar-refractivity contribution in [3.05, 3.63) is 144 Å². The standard InChI is InChI=1S/C37H36O7/c38-33(25-29-13-5-1-6-14-29)37(36(41)44-28-32-19-11-4-12-20-32,23-21-34(39)42-26-30-15-7-2-8-16-30)24-22-35(40)43-27-31-17-9-3-10-18-31/h1-20H,21-28H2. The molecule has 0 N–H and O–H groups in total. The fraction of sp³-hybridized carbons (Fsp3) is 0.243. The topological polar surface area (TPSA) is 96.0 Å². The van der Waals surface area contributed by atoms with Gasteiger partial charge in [-0.15, -0.1) is 0 Å². The van der Waals surface area contributed by atoms with Crippen LogP contribution in [0.5, 0.6) is 0 Å². The Morgan fingerprint density at radius 1 is 0.455 bits per heavy atom. The predicted octanol–water partition coefficient (Wildman–Crippen LogP) is 6.58. The minimum Gasteiger partial charge on any atom is -0.461 e. The van der Waals surface area contributed by atoms with E-state index in [1.54, 1.807) is 24.3 Å². The third-order valence-corrected chi connectivity index (χ3v) is 7.34. The highest BCUT2D eigenvalue weighted by atomic mass is 16.5. The fourth-order valence-corrected chi connectivity index (χ4v) is 4.78. The third kappa shape index (κ3) is 9.76. The number of hydrogen-bond acceptors (Lipinski definition) is 7. The summed E-state index contributed by atoms with van der Waals surface area (Å²) in [6.45, 7) is 0.0702. The molecule has 226 valence electrons. The van der Waals surface area contributed by atoms with E-state index in [0.29, 0.717) is 5.56 Å². The van der Waals surface area contributed by atoms with Gasteiger partial charge in [-0.25, -0.2) is 0 Å². The summed E-state index contributed by atoms with van der Waals surface area (Å²) in [4.78, 5) is 53.7. The van der Waals surface area contributed by atoms with Crippen molar-refractivity contribution in [3.8, 4) is 0 Å². The average Bonchev–Trinajstić information content (AvgIpc) is 3.07. The molecule has 0 aromatic heterocycles. The van der Waals surface area contributed by atoms with Gasteiger partial charge in [0.25, 0.3) is 0 Å². The van der Waals surface area contributed by atoms with Crippen LogP contribution < -0.4 is 0 Å². The maximum Gasteiger partial charge on any atom is 0.320 e. The highest BCUT2D eigenvalue weighted by molar-refractivity contribution is 6.05. The van der Waals surface area contributed by atoms with Gasteiger partial charge in [-0.3, -0.25) is 19.2 Å². The Morgan fingerprint density at radius 3 is 1.18 bits per heavy atom. The van der Waals surface area contributed by atoms with Crippen LogP contribution in [0.25, 0.3) is 0 Å². The molecule has 0 radical (unpaired) electrons. The highest BCUT2D eigenvalue weighted by Crippen LogP contribution is 2.35. The second-order valence-corrected chi connectivity index (χ2v) is 10.5. The molecule has 0 bridgehead atoms. The lowest BCUT2D eigenvalue weighted by molar-refractivity contribution is -0.164. The van der Waals surface area contributed by atoms with Crippen molar-refractivity contribution in [2.24, 2.45) is 5.41 Å². The van der Waals surface area contributed by atoms with E-state index in [4.69, 9.17) is 14.2 Å². The number of ether oxygens (including phenoxy) is 3. The molecule has 0 unspecified atom stereocenters. The summed E-state index contributed by atoms with van der Waals surface area (Å²) in [5.41, 5.74) is 1.31. The van der Waals surface area contributed by atoms with Crippen molar-refractivity contribution in [1.82, 2.24) is 0 Å². The van der Waals surface area contributed by atoms with Crippen molar-refractivity contribution in [3.63, 3.8) is 0 Å². The minimum absolute atomic E-state index is 0.0586. The van der Waals surface area contributed by atoms with Crippen LogP contribution in [0.2, 0.25) is 0 Å². The van der Waals surface area contributed by atoms with E-state index in [1.807, 2.05) is 97.1 Å². The van der Waals surface area contributed by atoms with Gasteiger partial charge in [0.05, 0.1) is 0 Å². The first-order valence-corrected chi connectivity index (χ1v) is 14.6. The quantitative estimate of drug-likeness (QED) is 0.0824. The van der Waals surface area contributed by atoms with Crippen molar-refractivity contribution in [2.75, 3.05) is 0 Å². The summed E-state index contributed by atoms with van der Waals surface area (Å²) in [6, 6.07) is 36.6. The first kappa shape index (κ1) is 31.9. The van der Waals surface area contributed by atoms with E-state index in [2.05, 4.69) is 0 Å². The molecule has 4 aromatic carbocycles. The molecule has 44 heavy (non-hydrogen) atoms. The number of benzene rings is 4. The molecule has 0 aliphatic rings. The first-order valence-electron chi connectivity index (χ1n) is 14.6. The Balaban J connectivity index is 1.54. The number of carbonyl (C=O) groups is 4. The summed E-state index contributed by atoms with van der Waals surface area (Å²) in [5, 5.41) is 0. The average molecular weight is 593 g/mol. The smallest absolute Gasteiger partial charge is 0.320 e. The Morgan fingerprint density at radius 2 is 0.795 bits per heavy atom. The van der Waals surface area contributed by atoms with Gasteiger partial charge in [-0.1, -0.05) is 121 Å². The molecule has 0 aliphatic heterocycles. The van der Waals surface area contributed by atoms with Gasteiger partial charge < -0.3 is 14.2 Å². The molecule has 4 rings (SSSR count). The molecule has 0 saturated heterocycles. The van der Waals surface area contributed by atoms with E-state index >= 15 is 0 Å². The second-order valence-electron chi connectivity index (χ2n) is 10.5. The maximum absolute atomic E-state index is 14.1. The van der Waals surface area contributed by atoms with Crippen molar-refractivity contribution >= 4 is 23.7 Å². The Bertz CT molecular complexity index is 1430. The predicted molar refractivity (Wildman–Crippen MR) is 165 cm³/mol. The lowest BCUT2D eigenvalue weighted by Crippen LogP contribution is -2.43. The van der Waals surface area contributed by atoms with Crippen LogP contribution in [-0.2, 0) is 59.6 Å². The summed E-state index contributed by atoms with van der Waals surface area (Å²) in [5.74, 6) is -2.34. The largest absolute Gasteiger partial charge is 0.461 e. The van der Waals surface area contributed by atoms with Crippen LogP contribution in [0.15, 0.2) is 121 Å². The molecule has 0 aliphatic carbocycles. The molecule has 0 atom stereocenters. The molecule has 7 nitrogen and oxygen atoms in total. The summed E-state index contributed by atoms with van der Waals surface area (Å²) in [6.07, 6.45) is -0.850. The van der Waals surface area contributed by atoms with Crippen LogP contribution >= 0.6 is 0 Å². The summed E-state index contributed by atoms with van der Waals surface area (Å²) in [7, 11) is 0. The molecule has 0 fully saturated rings. The van der Waals surface area contributed by atoms with Gasteiger partial charge in [-0.05, 0) is 35.1 Å². The van der Waals surface area contributed by atoms with E-state index in [-0.39, 0.29) is 51.9 Å². The Labute approximate surface area is 257 Å². The summed E-state index contributed by atoms with van der Waals surface area (Å²) < 4.78 is 16.6. The van der Waals surface area contributed by atoms with Crippen LogP contribution in [0.4, 0.5) is 0 Å². The monoisotopic (exact) mass is 592 g/mol. The molecule has 7 heteroatoms. The Kier molecular flexibility index (Phi) is 12.0. The SMILES string of the molecule is O=C(CCC(CCC(=O)OCc1ccccc1)(C(=O)Cc1ccccc1)C(=O)OCc1ccccc1)OCc1ccccc1.